The van der Waals surface area contributed by atoms with Crippen molar-refractivity contribution in [3.8, 4) is 11.1 Å². The van der Waals surface area contributed by atoms with Crippen molar-refractivity contribution in [2.45, 2.75) is 25.3 Å². The first-order valence-corrected chi connectivity index (χ1v) is 13.3. The van der Waals surface area contributed by atoms with E-state index < -0.39 is 6.35 Å². The predicted octanol–water partition coefficient (Wildman–Crippen LogP) is 2.10. The molecule has 10 nitrogen and oxygen atoms in total. The molecule has 11 heteroatoms. The van der Waals surface area contributed by atoms with Crippen molar-refractivity contribution >= 4 is 28.9 Å². The number of rotatable bonds is 5. The van der Waals surface area contributed by atoms with Crippen LogP contribution in [0, 0.1) is 5.82 Å². The number of hydrogen-bond acceptors (Lipinski definition) is 9. The number of hydrogen-bond donors (Lipinski definition) is 3. The zero-order valence-corrected chi connectivity index (χ0v) is 21.6. The van der Waals surface area contributed by atoms with Crippen LogP contribution in [0.25, 0.3) is 11.1 Å². The number of anilines is 4. The van der Waals surface area contributed by atoms with Crippen molar-refractivity contribution in [2.24, 2.45) is 0 Å². The maximum absolute atomic E-state index is 14.3. The second-order valence-electron chi connectivity index (χ2n) is 10.2. The second kappa shape index (κ2) is 10.7. The van der Waals surface area contributed by atoms with E-state index in [0.717, 1.165) is 22.6 Å². The summed E-state index contributed by atoms with van der Waals surface area (Å²) in [5.74, 6) is 0.215. The molecule has 0 radical (unpaired) electrons. The number of piperazine rings is 1. The SMILES string of the molecule is O=C(CN1c2ccccc2NC1O)N1CCN(c2ccc(F)cc2-c2cnc(N3CCC(O)CC3)nc2)CC1. The fourth-order valence-electron chi connectivity index (χ4n) is 5.51. The van der Waals surface area contributed by atoms with E-state index in [1.54, 1.807) is 28.3 Å². The summed E-state index contributed by atoms with van der Waals surface area (Å²) in [6.45, 7) is 3.71. The van der Waals surface area contributed by atoms with E-state index in [-0.39, 0.29) is 24.4 Å². The molecular weight excluding hydrogens is 501 g/mol. The molecule has 1 atom stereocenters. The Bertz CT molecular complexity index is 1320. The quantitative estimate of drug-likeness (QED) is 0.454. The molecule has 3 aromatic rings. The molecule has 0 aliphatic carbocycles. The van der Waals surface area contributed by atoms with Gasteiger partial charge < -0.3 is 35.1 Å². The number of nitrogens with zero attached hydrogens (tertiary/aromatic N) is 6. The third-order valence-electron chi connectivity index (χ3n) is 7.73. The molecule has 39 heavy (non-hydrogen) atoms. The molecule has 3 aliphatic heterocycles. The number of para-hydroxylation sites is 2. The Morgan fingerprint density at radius 2 is 1.64 bits per heavy atom. The van der Waals surface area contributed by atoms with Crippen molar-refractivity contribution in [1.82, 2.24) is 14.9 Å². The molecule has 4 heterocycles. The van der Waals surface area contributed by atoms with Crippen molar-refractivity contribution in [1.29, 1.82) is 0 Å². The summed E-state index contributed by atoms with van der Waals surface area (Å²) in [6.07, 6.45) is 3.61. The van der Waals surface area contributed by atoms with Crippen LogP contribution in [0.15, 0.2) is 54.9 Å². The van der Waals surface area contributed by atoms with Gasteiger partial charge in [0.05, 0.1) is 17.5 Å². The number of benzene rings is 2. The largest absolute Gasteiger partial charge is 0.393 e. The highest BCUT2D eigenvalue weighted by atomic mass is 19.1. The number of aromatic nitrogens is 2. The van der Waals surface area contributed by atoms with Crippen molar-refractivity contribution in [2.75, 3.05) is 65.8 Å². The van der Waals surface area contributed by atoms with Gasteiger partial charge in [-0.2, -0.15) is 0 Å². The van der Waals surface area contributed by atoms with Gasteiger partial charge in [-0.05, 0) is 43.2 Å². The van der Waals surface area contributed by atoms with Gasteiger partial charge in [-0.15, -0.1) is 0 Å². The molecule has 1 amide bonds. The third kappa shape index (κ3) is 5.19. The van der Waals surface area contributed by atoms with Gasteiger partial charge in [0.25, 0.3) is 0 Å². The first-order valence-electron chi connectivity index (χ1n) is 13.3. The van der Waals surface area contributed by atoms with E-state index in [1.807, 2.05) is 24.3 Å². The number of aliphatic hydroxyl groups excluding tert-OH is 2. The standard InChI is InChI=1S/C28H32FN7O3/c29-20-5-6-24(22(15-20)19-16-30-27(31-17-19)35-9-7-21(37)8-10-35)33-11-13-34(14-12-33)26(38)18-36-25-4-2-1-3-23(25)32-28(36)39/h1-6,15-17,21,28,32,37,39H,7-14,18H2. The molecule has 1 unspecified atom stereocenters. The second-order valence-corrected chi connectivity index (χ2v) is 10.2. The van der Waals surface area contributed by atoms with Crippen molar-refractivity contribution < 1.29 is 19.4 Å². The highest BCUT2D eigenvalue weighted by molar-refractivity contribution is 5.86. The Balaban J connectivity index is 1.12. The summed E-state index contributed by atoms with van der Waals surface area (Å²) in [4.78, 5) is 29.9. The zero-order valence-electron chi connectivity index (χ0n) is 21.6. The van der Waals surface area contributed by atoms with Gasteiger partial charge >= 0.3 is 0 Å². The number of carbonyl (C=O) groups excluding carboxylic acids is 1. The average molecular weight is 534 g/mol. The van der Waals surface area contributed by atoms with E-state index in [9.17, 15) is 19.4 Å². The Hall–Kier alpha value is -3.96. The molecule has 1 aromatic heterocycles. The van der Waals surface area contributed by atoms with Gasteiger partial charge in [-0.1, -0.05) is 12.1 Å². The number of carbonyl (C=O) groups is 1. The van der Waals surface area contributed by atoms with Crippen molar-refractivity contribution in [3.05, 3.63) is 60.7 Å². The van der Waals surface area contributed by atoms with Crippen LogP contribution in [0.3, 0.4) is 0 Å². The van der Waals surface area contributed by atoms with Crippen LogP contribution < -0.4 is 20.0 Å². The van der Waals surface area contributed by atoms with Gasteiger partial charge in [0.1, 0.15) is 12.4 Å². The number of fused-ring (bicyclic) bond motifs is 1. The van der Waals surface area contributed by atoms with Crippen LogP contribution in [0.1, 0.15) is 12.8 Å². The number of aliphatic hydroxyl groups is 2. The van der Waals surface area contributed by atoms with Gasteiger partial charge in [-0.3, -0.25) is 4.79 Å². The average Bonchev–Trinajstić information content (AvgIpc) is 3.28. The summed E-state index contributed by atoms with van der Waals surface area (Å²) in [5, 5.41) is 23.1. The fourth-order valence-corrected chi connectivity index (χ4v) is 5.51. The van der Waals surface area contributed by atoms with Gasteiger partial charge in [0.15, 0.2) is 0 Å². The van der Waals surface area contributed by atoms with Gasteiger partial charge in [0.2, 0.25) is 18.2 Å². The number of amides is 1. The van der Waals surface area contributed by atoms with E-state index >= 15 is 0 Å². The molecule has 6 rings (SSSR count). The van der Waals surface area contributed by atoms with Crippen LogP contribution in [0.2, 0.25) is 0 Å². The number of nitrogens with one attached hydrogen (secondary N) is 1. The lowest BCUT2D eigenvalue weighted by Crippen LogP contribution is -2.52. The zero-order chi connectivity index (χ0) is 26.9. The molecule has 2 saturated heterocycles. The molecule has 3 N–H and O–H groups in total. The maximum Gasteiger partial charge on any atom is 0.242 e. The minimum absolute atomic E-state index is 0.0549. The summed E-state index contributed by atoms with van der Waals surface area (Å²) in [7, 11) is 0. The third-order valence-corrected chi connectivity index (χ3v) is 7.73. The molecule has 0 spiro atoms. The Kier molecular flexibility index (Phi) is 6.92. The highest BCUT2D eigenvalue weighted by Gasteiger charge is 2.31. The number of halogens is 1. The van der Waals surface area contributed by atoms with Crippen LogP contribution in [0.5, 0.6) is 0 Å². The molecule has 3 aliphatic rings. The lowest BCUT2D eigenvalue weighted by molar-refractivity contribution is -0.130. The van der Waals surface area contributed by atoms with Crippen LogP contribution >= 0.6 is 0 Å². The molecule has 2 aromatic carbocycles. The Labute approximate surface area is 226 Å². The lowest BCUT2D eigenvalue weighted by Gasteiger charge is -2.38. The summed E-state index contributed by atoms with van der Waals surface area (Å²) in [5.41, 5.74) is 3.91. The summed E-state index contributed by atoms with van der Waals surface area (Å²) < 4.78 is 14.3. The maximum atomic E-state index is 14.3. The van der Waals surface area contributed by atoms with Gasteiger partial charge in [-0.25, -0.2) is 14.4 Å². The summed E-state index contributed by atoms with van der Waals surface area (Å²) in [6, 6.07) is 12.2. The van der Waals surface area contributed by atoms with Crippen LogP contribution in [-0.4, -0.2) is 89.3 Å². The Morgan fingerprint density at radius 3 is 2.38 bits per heavy atom. The first kappa shape index (κ1) is 25.3. The van der Waals surface area contributed by atoms with Gasteiger partial charge in [0, 0.05) is 68.5 Å². The van der Waals surface area contributed by atoms with E-state index in [0.29, 0.717) is 63.6 Å². The monoisotopic (exact) mass is 533 g/mol. The summed E-state index contributed by atoms with van der Waals surface area (Å²) >= 11 is 0. The van der Waals surface area contributed by atoms with Crippen molar-refractivity contribution in [3.63, 3.8) is 0 Å². The fraction of sp³-hybridized carbons (Fsp3) is 0.393. The van der Waals surface area contributed by atoms with Crippen LogP contribution in [-0.2, 0) is 4.79 Å². The topological polar surface area (TPSA) is 108 Å². The minimum atomic E-state index is -0.940. The number of piperidine rings is 1. The predicted molar refractivity (Wildman–Crippen MR) is 147 cm³/mol. The van der Waals surface area contributed by atoms with Crippen LogP contribution in [0.4, 0.5) is 27.4 Å². The van der Waals surface area contributed by atoms with E-state index in [2.05, 4.69) is 25.1 Å². The Morgan fingerprint density at radius 1 is 0.923 bits per heavy atom. The highest BCUT2D eigenvalue weighted by Crippen LogP contribution is 2.34. The molecular formula is C28H32FN7O3. The minimum Gasteiger partial charge on any atom is -0.393 e. The molecule has 0 bridgehead atoms. The molecule has 204 valence electrons. The first-order chi connectivity index (χ1) is 19.0. The molecule has 0 saturated carbocycles. The normalized spacial score (nSPS) is 19.7. The van der Waals surface area contributed by atoms with E-state index in [4.69, 9.17) is 0 Å². The lowest BCUT2D eigenvalue weighted by atomic mass is 10.0. The van der Waals surface area contributed by atoms with E-state index in [1.165, 1.54) is 12.1 Å². The smallest absolute Gasteiger partial charge is 0.242 e. The molecule has 2 fully saturated rings.